The van der Waals surface area contributed by atoms with Crippen LogP contribution in [0, 0.1) is 6.92 Å². The molecule has 0 aliphatic carbocycles. The summed E-state index contributed by atoms with van der Waals surface area (Å²) in [4.78, 5) is 0. The molecule has 0 saturated heterocycles. The lowest BCUT2D eigenvalue weighted by molar-refractivity contribution is 0.177. The van der Waals surface area contributed by atoms with E-state index in [0.717, 1.165) is 16.8 Å². The van der Waals surface area contributed by atoms with Crippen LogP contribution in [0.15, 0.2) is 30.5 Å². The molecule has 19 heavy (non-hydrogen) atoms. The van der Waals surface area contributed by atoms with Crippen molar-refractivity contribution >= 4 is 11.6 Å². The van der Waals surface area contributed by atoms with Crippen molar-refractivity contribution in [2.45, 2.75) is 39.3 Å². The Morgan fingerprint density at radius 1 is 1.32 bits per heavy atom. The molecule has 1 heterocycles. The van der Waals surface area contributed by atoms with E-state index in [9.17, 15) is 5.11 Å². The maximum absolute atomic E-state index is 10.3. The van der Waals surface area contributed by atoms with Gasteiger partial charge in [-0.25, -0.2) is 0 Å². The third kappa shape index (κ3) is 3.17. The third-order valence-corrected chi connectivity index (χ3v) is 3.69. The van der Waals surface area contributed by atoms with Crippen LogP contribution in [-0.2, 0) is 6.42 Å². The predicted octanol–water partition coefficient (Wildman–Crippen LogP) is 3.70. The Hall–Kier alpha value is -1.32. The molecule has 1 aromatic heterocycles. The van der Waals surface area contributed by atoms with Crippen molar-refractivity contribution in [2.75, 3.05) is 0 Å². The van der Waals surface area contributed by atoms with Crippen molar-refractivity contribution in [1.29, 1.82) is 0 Å². The fourth-order valence-corrected chi connectivity index (χ4v) is 2.26. The molecule has 3 nitrogen and oxygen atoms in total. The van der Waals surface area contributed by atoms with E-state index in [1.807, 2.05) is 42.1 Å². The molecular weight excluding hydrogens is 260 g/mol. The van der Waals surface area contributed by atoms with Gasteiger partial charge in [-0.1, -0.05) is 29.8 Å². The molecule has 0 amide bonds. The average molecular weight is 279 g/mol. The van der Waals surface area contributed by atoms with Gasteiger partial charge in [0.1, 0.15) is 0 Å². The lowest BCUT2D eigenvalue weighted by atomic mass is 10.0. The summed E-state index contributed by atoms with van der Waals surface area (Å²) in [5.74, 6) is 0. The highest BCUT2D eigenvalue weighted by Gasteiger charge is 2.15. The molecule has 102 valence electrons. The van der Waals surface area contributed by atoms with Gasteiger partial charge in [-0.05, 0) is 38.0 Å². The minimum absolute atomic E-state index is 0.327. The van der Waals surface area contributed by atoms with Gasteiger partial charge in [0.25, 0.3) is 0 Å². The first-order chi connectivity index (χ1) is 8.99. The van der Waals surface area contributed by atoms with E-state index < -0.39 is 6.10 Å². The molecule has 0 aliphatic heterocycles. The molecule has 0 saturated carbocycles. The van der Waals surface area contributed by atoms with E-state index in [0.29, 0.717) is 17.5 Å². The Kier molecular flexibility index (Phi) is 4.27. The van der Waals surface area contributed by atoms with Crippen LogP contribution in [0.2, 0.25) is 5.02 Å². The van der Waals surface area contributed by atoms with Gasteiger partial charge in [0.15, 0.2) is 0 Å². The fraction of sp³-hybridized carbons (Fsp3) is 0.400. The normalized spacial score (nSPS) is 12.9. The smallest absolute Gasteiger partial charge is 0.0860 e. The standard InChI is InChI=1S/C15H19ClN2O/c1-10(2)18-8-7-12(17-18)9-14(19)13-6-4-5-11(3)15(13)16/h4-8,10,14,19H,9H2,1-3H3. The molecule has 0 fully saturated rings. The maximum Gasteiger partial charge on any atom is 0.0860 e. The second-order valence-corrected chi connectivity index (χ2v) is 5.46. The number of hydrogen-bond donors (Lipinski definition) is 1. The van der Waals surface area contributed by atoms with E-state index >= 15 is 0 Å². The van der Waals surface area contributed by atoms with Gasteiger partial charge >= 0.3 is 0 Å². The topological polar surface area (TPSA) is 38.0 Å². The molecule has 1 aromatic carbocycles. The highest BCUT2D eigenvalue weighted by molar-refractivity contribution is 6.32. The molecule has 1 atom stereocenters. The molecule has 0 aliphatic rings. The number of rotatable bonds is 4. The zero-order valence-corrected chi connectivity index (χ0v) is 12.2. The van der Waals surface area contributed by atoms with Crippen LogP contribution in [-0.4, -0.2) is 14.9 Å². The van der Waals surface area contributed by atoms with Gasteiger partial charge in [0, 0.05) is 23.7 Å². The second-order valence-electron chi connectivity index (χ2n) is 5.08. The zero-order chi connectivity index (χ0) is 14.0. The Morgan fingerprint density at radius 3 is 2.68 bits per heavy atom. The number of aromatic nitrogens is 2. The van der Waals surface area contributed by atoms with E-state index in [1.54, 1.807) is 0 Å². The summed E-state index contributed by atoms with van der Waals surface area (Å²) in [6, 6.07) is 7.97. The molecular formula is C15H19ClN2O. The van der Waals surface area contributed by atoms with E-state index in [1.165, 1.54) is 0 Å². The molecule has 1 unspecified atom stereocenters. The number of benzene rings is 1. The second kappa shape index (κ2) is 5.76. The summed E-state index contributed by atoms with van der Waals surface area (Å²) >= 11 is 6.22. The Balaban J connectivity index is 2.16. The van der Waals surface area contributed by atoms with Crippen LogP contribution in [0.3, 0.4) is 0 Å². The third-order valence-electron chi connectivity index (χ3n) is 3.18. The Labute approximate surface area is 118 Å². The van der Waals surface area contributed by atoms with Crippen LogP contribution in [0.4, 0.5) is 0 Å². The van der Waals surface area contributed by atoms with E-state index in [4.69, 9.17) is 11.6 Å². The maximum atomic E-state index is 10.3. The summed E-state index contributed by atoms with van der Waals surface area (Å²) in [5.41, 5.74) is 2.62. The lowest BCUT2D eigenvalue weighted by Gasteiger charge is -2.13. The Bertz CT molecular complexity index is 563. The monoisotopic (exact) mass is 278 g/mol. The van der Waals surface area contributed by atoms with Crippen LogP contribution in [0.5, 0.6) is 0 Å². The van der Waals surface area contributed by atoms with Gasteiger partial charge in [-0.15, -0.1) is 0 Å². The SMILES string of the molecule is Cc1cccc(C(O)Cc2ccn(C(C)C)n2)c1Cl. The first-order valence-corrected chi connectivity index (χ1v) is 6.84. The van der Waals surface area contributed by atoms with Gasteiger partial charge in [-0.2, -0.15) is 5.10 Å². The van der Waals surface area contributed by atoms with Gasteiger partial charge < -0.3 is 5.11 Å². The number of hydrogen-bond acceptors (Lipinski definition) is 2. The van der Waals surface area contributed by atoms with E-state index in [-0.39, 0.29) is 0 Å². The number of aryl methyl sites for hydroxylation is 1. The van der Waals surface area contributed by atoms with Crippen LogP contribution < -0.4 is 0 Å². The zero-order valence-electron chi connectivity index (χ0n) is 11.5. The highest BCUT2D eigenvalue weighted by Crippen LogP contribution is 2.28. The quantitative estimate of drug-likeness (QED) is 0.926. The van der Waals surface area contributed by atoms with Crippen molar-refractivity contribution in [1.82, 2.24) is 9.78 Å². The summed E-state index contributed by atoms with van der Waals surface area (Å²) in [6.45, 7) is 6.08. The predicted molar refractivity (Wildman–Crippen MR) is 77.5 cm³/mol. The Morgan fingerprint density at radius 2 is 2.05 bits per heavy atom. The molecule has 2 aromatic rings. The summed E-state index contributed by atoms with van der Waals surface area (Å²) in [6.07, 6.45) is 1.79. The van der Waals surface area contributed by atoms with Gasteiger partial charge in [-0.3, -0.25) is 4.68 Å². The average Bonchev–Trinajstić information content (AvgIpc) is 2.81. The van der Waals surface area contributed by atoms with Gasteiger partial charge in [0.05, 0.1) is 11.8 Å². The van der Waals surface area contributed by atoms with Crippen LogP contribution in [0.1, 0.15) is 42.8 Å². The summed E-state index contributed by atoms with van der Waals surface area (Å²) in [5, 5.41) is 15.4. The number of halogens is 1. The van der Waals surface area contributed by atoms with Crippen LogP contribution in [0.25, 0.3) is 0 Å². The number of aliphatic hydroxyl groups excluding tert-OH is 1. The van der Waals surface area contributed by atoms with Crippen molar-refractivity contribution in [3.05, 3.63) is 52.3 Å². The molecule has 0 radical (unpaired) electrons. The van der Waals surface area contributed by atoms with Crippen LogP contribution >= 0.6 is 11.6 Å². The van der Waals surface area contributed by atoms with Crippen molar-refractivity contribution in [3.63, 3.8) is 0 Å². The molecule has 0 bridgehead atoms. The fourth-order valence-electron chi connectivity index (χ4n) is 2.01. The molecule has 0 spiro atoms. The molecule has 1 N–H and O–H groups in total. The minimum atomic E-state index is -0.622. The first kappa shape index (κ1) is 14.1. The largest absolute Gasteiger partial charge is 0.388 e. The first-order valence-electron chi connectivity index (χ1n) is 6.46. The van der Waals surface area contributed by atoms with Crippen molar-refractivity contribution in [3.8, 4) is 0 Å². The number of nitrogens with zero attached hydrogens (tertiary/aromatic N) is 2. The van der Waals surface area contributed by atoms with Crippen molar-refractivity contribution in [2.24, 2.45) is 0 Å². The number of aliphatic hydroxyl groups is 1. The summed E-state index contributed by atoms with van der Waals surface area (Å²) < 4.78 is 1.89. The lowest BCUT2D eigenvalue weighted by Crippen LogP contribution is -2.06. The van der Waals surface area contributed by atoms with Gasteiger partial charge in [0.2, 0.25) is 0 Å². The minimum Gasteiger partial charge on any atom is -0.388 e. The molecule has 4 heteroatoms. The van der Waals surface area contributed by atoms with E-state index in [2.05, 4.69) is 18.9 Å². The van der Waals surface area contributed by atoms with Crippen molar-refractivity contribution < 1.29 is 5.11 Å². The summed E-state index contributed by atoms with van der Waals surface area (Å²) in [7, 11) is 0. The highest BCUT2D eigenvalue weighted by atomic mass is 35.5. The molecule has 2 rings (SSSR count).